The van der Waals surface area contributed by atoms with Crippen LogP contribution in [0.5, 0.6) is 5.75 Å². The van der Waals surface area contributed by atoms with E-state index >= 15 is 0 Å². The van der Waals surface area contributed by atoms with Crippen molar-refractivity contribution in [3.63, 3.8) is 0 Å². The lowest BCUT2D eigenvalue weighted by atomic mass is 10.1. The maximum Gasteiger partial charge on any atom is 0.191 e. The molecule has 0 bridgehead atoms. The van der Waals surface area contributed by atoms with Crippen molar-refractivity contribution in [1.82, 2.24) is 14.8 Å². The van der Waals surface area contributed by atoms with Crippen LogP contribution in [0.4, 0.5) is 0 Å². The molecule has 0 spiro atoms. The summed E-state index contributed by atoms with van der Waals surface area (Å²) in [5.74, 6) is 1.41. The fourth-order valence-corrected chi connectivity index (χ4v) is 3.65. The van der Waals surface area contributed by atoms with Crippen molar-refractivity contribution in [2.75, 3.05) is 7.11 Å². The van der Waals surface area contributed by atoms with Gasteiger partial charge in [0.05, 0.1) is 17.9 Å². The third-order valence-electron chi connectivity index (χ3n) is 3.94. The van der Waals surface area contributed by atoms with Crippen LogP contribution in [0.2, 0.25) is 5.02 Å². The second-order valence-electron chi connectivity index (χ2n) is 5.70. The van der Waals surface area contributed by atoms with Crippen molar-refractivity contribution in [2.24, 2.45) is 7.05 Å². The van der Waals surface area contributed by atoms with Gasteiger partial charge in [-0.3, -0.25) is 4.79 Å². The van der Waals surface area contributed by atoms with Gasteiger partial charge in [0.1, 0.15) is 5.75 Å². The maximum atomic E-state index is 12.6. The summed E-state index contributed by atoms with van der Waals surface area (Å²) in [5.41, 5.74) is 1.44. The molecule has 0 amide bonds. The molecule has 0 aliphatic heterocycles. The Labute approximate surface area is 161 Å². The minimum absolute atomic E-state index is 0.000610. The molecule has 2 aromatic carbocycles. The van der Waals surface area contributed by atoms with Crippen LogP contribution in [0.1, 0.15) is 17.3 Å². The van der Waals surface area contributed by atoms with Crippen LogP contribution in [-0.2, 0) is 7.05 Å². The van der Waals surface area contributed by atoms with E-state index in [2.05, 4.69) is 10.2 Å². The smallest absolute Gasteiger partial charge is 0.191 e. The van der Waals surface area contributed by atoms with E-state index < -0.39 is 0 Å². The number of hydrogen-bond donors (Lipinski definition) is 0. The molecule has 0 radical (unpaired) electrons. The van der Waals surface area contributed by atoms with Crippen LogP contribution < -0.4 is 4.74 Å². The summed E-state index contributed by atoms with van der Waals surface area (Å²) in [6.45, 7) is 1.85. The number of rotatable bonds is 6. The standard InChI is InChI=1S/C19H18ClN3O2S/c1-12(17(24)13-7-6-8-14(20)11-13)26-19-22-21-18(23(19)2)15-9-4-5-10-16(15)25-3/h4-12H,1-3H3. The number of para-hydroxylation sites is 1. The summed E-state index contributed by atoms with van der Waals surface area (Å²) in [7, 11) is 3.50. The van der Waals surface area contributed by atoms with Crippen molar-refractivity contribution < 1.29 is 9.53 Å². The first kappa shape index (κ1) is 18.5. The minimum Gasteiger partial charge on any atom is -0.496 e. The fourth-order valence-electron chi connectivity index (χ4n) is 2.57. The van der Waals surface area contributed by atoms with Gasteiger partial charge in [0.2, 0.25) is 0 Å². The number of aromatic nitrogens is 3. The van der Waals surface area contributed by atoms with Gasteiger partial charge in [-0.1, -0.05) is 47.6 Å². The topological polar surface area (TPSA) is 57.0 Å². The summed E-state index contributed by atoms with van der Waals surface area (Å²) in [6.07, 6.45) is 0. The Morgan fingerprint density at radius 2 is 1.96 bits per heavy atom. The number of nitrogens with zero attached hydrogens (tertiary/aromatic N) is 3. The lowest BCUT2D eigenvalue weighted by molar-refractivity contribution is 0.0994. The van der Waals surface area contributed by atoms with E-state index in [9.17, 15) is 4.79 Å². The molecular formula is C19H18ClN3O2S. The van der Waals surface area contributed by atoms with Crippen LogP contribution in [0.15, 0.2) is 53.7 Å². The largest absolute Gasteiger partial charge is 0.496 e. The quantitative estimate of drug-likeness (QED) is 0.460. The molecule has 5 nitrogen and oxygen atoms in total. The Hall–Kier alpha value is -2.31. The van der Waals surface area contributed by atoms with Gasteiger partial charge in [0.15, 0.2) is 16.8 Å². The molecule has 1 atom stereocenters. The summed E-state index contributed by atoms with van der Waals surface area (Å²) in [4.78, 5) is 12.6. The summed E-state index contributed by atoms with van der Waals surface area (Å²) >= 11 is 7.35. The molecule has 1 unspecified atom stereocenters. The van der Waals surface area contributed by atoms with Crippen LogP contribution in [0.3, 0.4) is 0 Å². The lowest BCUT2D eigenvalue weighted by Crippen LogP contribution is -2.14. The normalized spacial score (nSPS) is 12.0. The van der Waals surface area contributed by atoms with Gasteiger partial charge in [-0.05, 0) is 31.2 Å². The van der Waals surface area contributed by atoms with Crippen LogP contribution in [0.25, 0.3) is 11.4 Å². The Kier molecular flexibility index (Phi) is 5.64. The maximum absolute atomic E-state index is 12.6. The number of ether oxygens (including phenoxy) is 1. The van der Waals surface area contributed by atoms with E-state index in [0.717, 1.165) is 11.3 Å². The molecule has 1 aromatic heterocycles. The van der Waals surface area contributed by atoms with Crippen molar-refractivity contribution >= 4 is 29.1 Å². The van der Waals surface area contributed by atoms with Gasteiger partial charge in [0, 0.05) is 17.6 Å². The molecule has 0 aliphatic carbocycles. The van der Waals surface area contributed by atoms with Crippen LogP contribution in [0, 0.1) is 0 Å². The predicted octanol–water partition coefficient (Wildman–Crippen LogP) is 4.51. The zero-order valence-electron chi connectivity index (χ0n) is 14.6. The number of ketones is 1. The van der Waals surface area contributed by atoms with E-state index in [1.54, 1.807) is 31.4 Å². The van der Waals surface area contributed by atoms with Gasteiger partial charge < -0.3 is 9.30 Å². The predicted molar refractivity (Wildman–Crippen MR) is 104 cm³/mol. The number of carbonyl (C=O) groups excluding carboxylic acids is 1. The van der Waals surface area contributed by atoms with Gasteiger partial charge in [-0.15, -0.1) is 10.2 Å². The molecule has 3 rings (SSSR count). The molecule has 3 aromatic rings. The number of thioether (sulfide) groups is 1. The van der Waals surface area contributed by atoms with Gasteiger partial charge in [0.25, 0.3) is 0 Å². The molecule has 26 heavy (non-hydrogen) atoms. The molecule has 0 N–H and O–H groups in total. The molecule has 1 heterocycles. The average Bonchev–Trinajstić information content (AvgIpc) is 3.01. The fraction of sp³-hybridized carbons (Fsp3) is 0.211. The second-order valence-corrected chi connectivity index (χ2v) is 7.44. The monoisotopic (exact) mass is 387 g/mol. The van der Waals surface area contributed by atoms with Crippen molar-refractivity contribution in [2.45, 2.75) is 17.3 Å². The first-order valence-corrected chi connectivity index (χ1v) is 9.26. The van der Waals surface area contributed by atoms with E-state index in [1.165, 1.54) is 11.8 Å². The Bertz CT molecular complexity index is 942. The van der Waals surface area contributed by atoms with Gasteiger partial charge in [-0.25, -0.2) is 0 Å². The first-order valence-electron chi connectivity index (χ1n) is 8.00. The SMILES string of the molecule is COc1ccccc1-c1nnc(SC(C)C(=O)c2cccc(Cl)c2)n1C. The average molecular weight is 388 g/mol. The van der Waals surface area contributed by atoms with Crippen molar-refractivity contribution in [1.29, 1.82) is 0 Å². The summed E-state index contributed by atoms with van der Waals surface area (Å²) in [5, 5.41) is 9.41. The highest BCUT2D eigenvalue weighted by Gasteiger charge is 2.21. The number of carbonyl (C=O) groups is 1. The van der Waals surface area contributed by atoms with E-state index in [1.807, 2.05) is 42.8 Å². The third kappa shape index (κ3) is 3.76. The Balaban J connectivity index is 1.83. The number of hydrogen-bond acceptors (Lipinski definition) is 5. The highest BCUT2D eigenvalue weighted by atomic mass is 35.5. The highest BCUT2D eigenvalue weighted by molar-refractivity contribution is 8.00. The molecular weight excluding hydrogens is 370 g/mol. The number of methoxy groups -OCH3 is 1. The Morgan fingerprint density at radius 3 is 2.69 bits per heavy atom. The minimum atomic E-state index is -0.318. The number of halogens is 1. The van der Waals surface area contributed by atoms with E-state index in [0.29, 0.717) is 21.6 Å². The number of benzene rings is 2. The highest BCUT2D eigenvalue weighted by Crippen LogP contribution is 2.31. The van der Waals surface area contributed by atoms with Crippen molar-refractivity contribution in [3.05, 3.63) is 59.1 Å². The van der Waals surface area contributed by atoms with Crippen LogP contribution >= 0.6 is 23.4 Å². The van der Waals surface area contributed by atoms with Crippen molar-refractivity contribution in [3.8, 4) is 17.1 Å². The first-order chi connectivity index (χ1) is 12.5. The zero-order chi connectivity index (χ0) is 18.7. The third-order valence-corrected chi connectivity index (χ3v) is 5.31. The summed E-state index contributed by atoms with van der Waals surface area (Å²) in [6, 6.07) is 14.6. The molecule has 0 fully saturated rings. The zero-order valence-corrected chi connectivity index (χ0v) is 16.2. The van der Waals surface area contributed by atoms with Crippen LogP contribution in [-0.4, -0.2) is 32.9 Å². The lowest BCUT2D eigenvalue weighted by Gasteiger charge is -2.11. The summed E-state index contributed by atoms with van der Waals surface area (Å²) < 4.78 is 7.26. The molecule has 134 valence electrons. The molecule has 0 saturated heterocycles. The Morgan fingerprint density at radius 1 is 1.19 bits per heavy atom. The van der Waals surface area contributed by atoms with E-state index in [4.69, 9.17) is 16.3 Å². The molecule has 0 aliphatic rings. The number of Topliss-reactive ketones (excluding diaryl/α,β-unsaturated/α-hetero) is 1. The molecule has 7 heteroatoms. The van der Waals surface area contributed by atoms with E-state index in [-0.39, 0.29) is 11.0 Å². The second kappa shape index (κ2) is 7.93. The van der Waals surface area contributed by atoms with Gasteiger partial charge >= 0.3 is 0 Å². The van der Waals surface area contributed by atoms with Gasteiger partial charge in [-0.2, -0.15) is 0 Å². The molecule has 0 saturated carbocycles.